The van der Waals surface area contributed by atoms with E-state index in [-0.39, 0.29) is 29.9 Å². The number of nitrogens with one attached hydrogen (secondary N) is 2. The van der Waals surface area contributed by atoms with Gasteiger partial charge in [-0.1, -0.05) is 0 Å². The minimum atomic E-state index is -0.522. The number of piperidine rings is 1. The van der Waals surface area contributed by atoms with Crippen LogP contribution in [-0.4, -0.2) is 45.0 Å². The van der Waals surface area contributed by atoms with Crippen molar-refractivity contribution in [1.29, 1.82) is 0 Å². The van der Waals surface area contributed by atoms with Crippen LogP contribution in [-0.2, 0) is 0 Å². The SMILES string of the molecule is Cl.O=C(Nc1cncnc1OC1CCNCC1)c1ccc(F)c(-c2ccncc2)n1. The van der Waals surface area contributed by atoms with Gasteiger partial charge in [-0.3, -0.25) is 9.78 Å². The van der Waals surface area contributed by atoms with E-state index in [1.165, 1.54) is 37.1 Å². The lowest BCUT2D eigenvalue weighted by Gasteiger charge is -2.24. The lowest BCUT2D eigenvalue weighted by molar-refractivity contribution is 0.102. The van der Waals surface area contributed by atoms with E-state index in [4.69, 9.17) is 4.74 Å². The van der Waals surface area contributed by atoms with Crippen LogP contribution < -0.4 is 15.4 Å². The molecule has 0 unspecified atom stereocenters. The number of halogens is 2. The van der Waals surface area contributed by atoms with Crippen LogP contribution in [0.25, 0.3) is 11.3 Å². The van der Waals surface area contributed by atoms with Gasteiger partial charge in [-0.15, -0.1) is 12.4 Å². The van der Waals surface area contributed by atoms with Crippen LogP contribution in [0.1, 0.15) is 23.3 Å². The predicted octanol–water partition coefficient (Wildman–Crippen LogP) is 2.88. The first-order valence-corrected chi connectivity index (χ1v) is 9.26. The molecule has 30 heavy (non-hydrogen) atoms. The second kappa shape index (κ2) is 10.0. The Kier molecular flexibility index (Phi) is 7.21. The third-order valence-corrected chi connectivity index (χ3v) is 4.52. The highest BCUT2D eigenvalue weighted by Crippen LogP contribution is 2.24. The molecule has 3 aromatic heterocycles. The Morgan fingerprint density at radius 3 is 2.67 bits per heavy atom. The summed E-state index contributed by atoms with van der Waals surface area (Å²) in [6.45, 7) is 1.74. The maximum absolute atomic E-state index is 14.2. The molecule has 1 aliphatic heterocycles. The van der Waals surface area contributed by atoms with Gasteiger partial charge in [0.05, 0.1) is 6.20 Å². The van der Waals surface area contributed by atoms with Gasteiger partial charge in [-0.25, -0.2) is 14.4 Å². The van der Waals surface area contributed by atoms with Crippen LogP contribution in [0.3, 0.4) is 0 Å². The van der Waals surface area contributed by atoms with Gasteiger partial charge in [0.25, 0.3) is 5.91 Å². The van der Waals surface area contributed by atoms with Gasteiger partial charge in [-0.05, 0) is 50.2 Å². The quantitative estimate of drug-likeness (QED) is 0.641. The summed E-state index contributed by atoms with van der Waals surface area (Å²) < 4.78 is 20.2. The van der Waals surface area contributed by atoms with E-state index >= 15 is 0 Å². The molecule has 0 atom stereocenters. The number of hydrogen-bond donors (Lipinski definition) is 2. The number of amides is 1. The van der Waals surface area contributed by atoms with Crippen molar-refractivity contribution in [3.8, 4) is 17.1 Å². The standard InChI is InChI=1S/C20H19FN6O2.ClH/c21-15-1-2-16(26-18(15)13-3-7-22-8-4-13)19(28)27-17-11-24-12-25-20(17)29-14-5-9-23-10-6-14;/h1-4,7-8,11-12,14,23H,5-6,9-10H2,(H,27,28);1H. The highest BCUT2D eigenvalue weighted by atomic mass is 35.5. The largest absolute Gasteiger partial charge is 0.473 e. The molecule has 8 nitrogen and oxygen atoms in total. The molecule has 0 aliphatic carbocycles. The molecule has 10 heteroatoms. The fourth-order valence-corrected chi connectivity index (χ4v) is 3.04. The summed E-state index contributed by atoms with van der Waals surface area (Å²) in [4.78, 5) is 28.9. The van der Waals surface area contributed by atoms with E-state index < -0.39 is 11.7 Å². The molecule has 0 spiro atoms. The van der Waals surface area contributed by atoms with Gasteiger partial charge < -0.3 is 15.4 Å². The van der Waals surface area contributed by atoms with Gasteiger partial charge >= 0.3 is 0 Å². The first-order valence-electron chi connectivity index (χ1n) is 9.26. The Hall–Kier alpha value is -3.17. The maximum Gasteiger partial charge on any atom is 0.274 e. The molecule has 4 heterocycles. The summed E-state index contributed by atoms with van der Waals surface area (Å²) in [6, 6.07) is 5.80. The van der Waals surface area contributed by atoms with Crippen LogP contribution in [0.15, 0.2) is 49.2 Å². The number of pyridine rings is 2. The Labute approximate surface area is 178 Å². The first kappa shape index (κ1) is 21.5. The first-order chi connectivity index (χ1) is 14.2. The number of hydrogen-bond acceptors (Lipinski definition) is 7. The van der Waals surface area contributed by atoms with E-state index in [0.717, 1.165) is 25.9 Å². The van der Waals surface area contributed by atoms with E-state index in [1.54, 1.807) is 12.1 Å². The zero-order valence-corrected chi connectivity index (χ0v) is 16.7. The summed E-state index contributed by atoms with van der Waals surface area (Å²) >= 11 is 0. The van der Waals surface area contributed by atoms with Crippen LogP contribution in [0.4, 0.5) is 10.1 Å². The maximum atomic E-state index is 14.2. The van der Waals surface area contributed by atoms with Gasteiger partial charge in [0.2, 0.25) is 5.88 Å². The van der Waals surface area contributed by atoms with Crippen molar-refractivity contribution in [2.45, 2.75) is 18.9 Å². The van der Waals surface area contributed by atoms with Crippen LogP contribution >= 0.6 is 12.4 Å². The van der Waals surface area contributed by atoms with E-state index in [1.807, 2.05) is 0 Å². The number of ether oxygens (including phenoxy) is 1. The number of carbonyl (C=O) groups excluding carboxylic acids is 1. The third-order valence-electron chi connectivity index (χ3n) is 4.52. The van der Waals surface area contributed by atoms with E-state index in [0.29, 0.717) is 17.1 Å². The second-order valence-corrected chi connectivity index (χ2v) is 6.53. The molecule has 3 aromatic rings. The van der Waals surface area contributed by atoms with Gasteiger partial charge in [0, 0.05) is 18.0 Å². The average molecular weight is 431 g/mol. The molecule has 0 radical (unpaired) electrons. The monoisotopic (exact) mass is 430 g/mol. The van der Waals surface area contributed by atoms with Crippen molar-refractivity contribution in [1.82, 2.24) is 25.3 Å². The van der Waals surface area contributed by atoms with Crippen molar-refractivity contribution in [3.05, 3.63) is 60.7 Å². The molecule has 0 saturated carbocycles. The van der Waals surface area contributed by atoms with Gasteiger partial charge in [-0.2, -0.15) is 4.98 Å². The minimum Gasteiger partial charge on any atom is -0.473 e. The normalized spacial score (nSPS) is 13.9. The highest BCUT2D eigenvalue weighted by Gasteiger charge is 2.19. The van der Waals surface area contributed by atoms with Crippen molar-refractivity contribution in [2.24, 2.45) is 0 Å². The molecule has 2 N–H and O–H groups in total. The van der Waals surface area contributed by atoms with Crippen molar-refractivity contribution in [3.63, 3.8) is 0 Å². The number of carbonyl (C=O) groups is 1. The fraction of sp³-hybridized carbons (Fsp3) is 0.250. The molecule has 4 rings (SSSR count). The van der Waals surface area contributed by atoms with Crippen LogP contribution in [0, 0.1) is 5.82 Å². The summed E-state index contributed by atoms with van der Waals surface area (Å²) in [6.07, 6.45) is 7.63. The number of anilines is 1. The smallest absolute Gasteiger partial charge is 0.274 e. The molecule has 156 valence electrons. The zero-order chi connectivity index (χ0) is 20.1. The lowest BCUT2D eigenvalue weighted by Crippen LogP contribution is -2.34. The van der Waals surface area contributed by atoms with Crippen LogP contribution in [0.5, 0.6) is 5.88 Å². The summed E-state index contributed by atoms with van der Waals surface area (Å²) in [5.74, 6) is -0.729. The molecule has 1 fully saturated rings. The third kappa shape index (κ3) is 5.05. The Bertz CT molecular complexity index is 1000. The van der Waals surface area contributed by atoms with E-state index in [9.17, 15) is 9.18 Å². The molecular formula is C20H20ClFN6O2. The highest BCUT2D eigenvalue weighted by molar-refractivity contribution is 6.03. The number of rotatable bonds is 5. The topological polar surface area (TPSA) is 102 Å². The molecule has 0 aromatic carbocycles. The van der Waals surface area contributed by atoms with Gasteiger partial charge in [0.1, 0.15) is 35.3 Å². The predicted molar refractivity (Wildman–Crippen MR) is 111 cm³/mol. The van der Waals surface area contributed by atoms with Crippen molar-refractivity contribution in [2.75, 3.05) is 18.4 Å². The number of aromatic nitrogens is 4. The van der Waals surface area contributed by atoms with Crippen molar-refractivity contribution < 1.29 is 13.9 Å². The summed E-state index contributed by atoms with van der Waals surface area (Å²) in [5.41, 5.74) is 1.02. The zero-order valence-electron chi connectivity index (χ0n) is 15.9. The summed E-state index contributed by atoms with van der Waals surface area (Å²) in [5, 5.41) is 5.98. The Balaban J connectivity index is 0.00000256. The second-order valence-electron chi connectivity index (χ2n) is 6.53. The van der Waals surface area contributed by atoms with Crippen molar-refractivity contribution >= 4 is 24.0 Å². The number of nitrogens with zero attached hydrogens (tertiary/aromatic N) is 4. The molecular weight excluding hydrogens is 411 g/mol. The Morgan fingerprint density at radius 1 is 1.13 bits per heavy atom. The van der Waals surface area contributed by atoms with Crippen LogP contribution in [0.2, 0.25) is 0 Å². The Morgan fingerprint density at radius 2 is 1.90 bits per heavy atom. The molecule has 1 saturated heterocycles. The minimum absolute atomic E-state index is 0. The van der Waals surface area contributed by atoms with E-state index in [2.05, 4.69) is 30.6 Å². The van der Waals surface area contributed by atoms with Gasteiger partial charge in [0.15, 0.2) is 0 Å². The molecule has 1 amide bonds. The summed E-state index contributed by atoms with van der Waals surface area (Å²) in [7, 11) is 0. The molecule has 0 bridgehead atoms. The lowest BCUT2D eigenvalue weighted by atomic mass is 10.1. The fourth-order valence-electron chi connectivity index (χ4n) is 3.04. The molecule has 1 aliphatic rings. The average Bonchev–Trinajstić information content (AvgIpc) is 2.77.